The lowest BCUT2D eigenvalue weighted by Gasteiger charge is -2.34. The van der Waals surface area contributed by atoms with E-state index < -0.39 is 28.5 Å². The van der Waals surface area contributed by atoms with Crippen LogP contribution in [0, 0.1) is 0 Å². The number of halogens is 1. The molecule has 4 aromatic rings. The van der Waals surface area contributed by atoms with Crippen LogP contribution in [0.15, 0.2) is 119 Å². The normalized spacial score (nSPS) is 12.5. The first kappa shape index (κ1) is 34.7. The molecule has 2 unspecified atom stereocenters. The third kappa shape index (κ3) is 9.20. The van der Waals surface area contributed by atoms with Crippen molar-refractivity contribution in [3.05, 3.63) is 125 Å². The summed E-state index contributed by atoms with van der Waals surface area (Å²) in [6, 6.07) is 30.6. The van der Waals surface area contributed by atoms with Crippen molar-refractivity contribution >= 4 is 43.5 Å². The minimum atomic E-state index is -4.20. The summed E-state index contributed by atoms with van der Waals surface area (Å²) in [5, 5.41) is 3.05. The highest BCUT2D eigenvalue weighted by Gasteiger charge is 2.35. The minimum absolute atomic E-state index is 0.0161. The van der Waals surface area contributed by atoms with E-state index in [1.807, 2.05) is 75.4 Å². The van der Waals surface area contributed by atoms with Crippen molar-refractivity contribution in [3.63, 3.8) is 0 Å². The van der Waals surface area contributed by atoms with E-state index in [1.165, 1.54) is 17.0 Å². The topological polar surface area (TPSA) is 96.0 Å². The molecule has 46 heavy (non-hydrogen) atoms. The standard InChI is InChI=1S/C36H40BrN3O5S/c1-4-27(3)38-36(42)34(24-28-12-8-6-9-13-28)39(25-29-16-18-30(37)19-17-29)35(41)26-40(31-14-10-7-11-15-31)46(43,44)33-22-20-32(21-23-33)45-5-2/h6-23,27,34H,4-5,24-26H2,1-3H3,(H,38,42). The number of carbonyl (C=O) groups excluding carboxylic acids is 2. The van der Waals surface area contributed by atoms with E-state index in [1.54, 1.807) is 42.5 Å². The van der Waals surface area contributed by atoms with Crippen LogP contribution >= 0.6 is 15.9 Å². The fourth-order valence-electron chi connectivity index (χ4n) is 4.91. The molecule has 0 aliphatic carbocycles. The second-order valence-corrected chi connectivity index (χ2v) is 13.7. The van der Waals surface area contributed by atoms with Crippen LogP contribution in [-0.2, 0) is 32.6 Å². The molecule has 0 radical (unpaired) electrons. The van der Waals surface area contributed by atoms with Crippen molar-refractivity contribution in [1.29, 1.82) is 0 Å². The Bertz CT molecular complexity index is 1670. The lowest BCUT2D eigenvalue weighted by molar-refractivity contribution is -0.140. The van der Waals surface area contributed by atoms with Gasteiger partial charge in [-0.15, -0.1) is 0 Å². The van der Waals surface area contributed by atoms with E-state index in [0.717, 1.165) is 19.9 Å². The van der Waals surface area contributed by atoms with Crippen molar-refractivity contribution in [1.82, 2.24) is 10.2 Å². The van der Waals surface area contributed by atoms with E-state index in [-0.39, 0.29) is 29.8 Å². The zero-order valence-corrected chi connectivity index (χ0v) is 28.7. The number of benzene rings is 4. The van der Waals surface area contributed by atoms with Crippen LogP contribution in [0.2, 0.25) is 0 Å². The van der Waals surface area contributed by atoms with Gasteiger partial charge in [0.15, 0.2) is 0 Å². The van der Waals surface area contributed by atoms with E-state index >= 15 is 0 Å². The molecule has 4 rings (SSSR count). The second-order valence-electron chi connectivity index (χ2n) is 10.9. The Hall–Kier alpha value is -4.15. The molecule has 0 aliphatic rings. The maximum absolute atomic E-state index is 14.5. The SMILES string of the molecule is CCOc1ccc(S(=O)(=O)N(CC(=O)N(Cc2ccc(Br)cc2)C(Cc2ccccc2)C(=O)NC(C)CC)c2ccccc2)cc1. The highest BCUT2D eigenvalue weighted by molar-refractivity contribution is 9.10. The summed E-state index contributed by atoms with van der Waals surface area (Å²) < 4.78 is 35.8. The van der Waals surface area contributed by atoms with E-state index in [4.69, 9.17) is 4.74 Å². The van der Waals surface area contributed by atoms with Crippen molar-refractivity contribution < 1.29 is 22.7 Å². The van der Waals surface area contributed by atoms with Gasteiger partial charge >= 0.3 is 0 Å². The Morgan fingerprint density at radius 3 is 2.02 bits per heavy atom. The number of carbonyl (C=O) groups is 2. The van der Waals surface area contributed by atoms with Crippen molar-refractivity contribution in [2.75, 3.05) is 17.5 Å². The molecule has 0 saturated heterocycles. The summed E-state index contributed by atoms with van der Waals surface area (Å²) in [7, 11) is -4.20. The molecule has 0 heterocycles. The first-order valence-corrected chi connectivity index (χ1v) is 17.5. The van der Waals surface area contributed by atoms with Gasteiger partial charge in [0.2, 0.25) is 11.8 Å². The first-order chi connectivity index (χ1) is 22.1. The number of hydrogen-bond donors (Lipinski definition) is 1. The molecule has 2 amide bonds. The van der Waals surface area contributed by atoms with Gasteiger partial charge in [-0.3, -0.25) is 13.9 Å². The largest absolute Gasteiger partial charge is 0.494 e. The molecule has 242 valence electrons. The number of sulfonamides is 1. The number of nitrogens with zero attached hydrogens (tertiary/aromatic N) is 2. The van der Waals surface area contributed by atoms with Gasteiger partial charge in [0, 0.05) is 23.5 Å². The molecule has 2 atom stereocenters. The number of rotatable bonds is 15. The fourth-order valence-corrected chi connectivity index (χ4v) is 6.58. The van der Waals surface area contributed by atoms with Gasteiger partial charge in [0.25, 0.3) is 10.0 Å². The highest BCUT2D eigenvalue weighted by Crippen LogP contribution is 2.26. The molecular weight excluding hydrogens is 666 g/mol. The van der Waals surface area contributed by atoms with Crippen LogP contribution in [-0.4, -0.2) is 50.4 Å². The zero-order valence-electron chi connectivity index (χ0n) is 26.3. The Morgan fingerprint density at radius 1 is 0.826 bits per heavy atom. The van der Waals surface area contributed by atoms with Gasteiger partial charge in [-0.2, -0.15) is 0 Å². The average Bonchev–Trinajstić information content (AvgIpc) is 3.07. The van der Waals surface area contributed by atoms with Gasteiger partial charge in [-0.1, -0.05) is 83.5 Å². The van der Waals surface area contributed by atoms with Gasteiger partial charge in [0.05, 0.1) is 17.2 Å². The molecule has 0 aromatic heterocycles. The summed E-state index contributed by atoms with van der Waals surface area (Å²) in [4.78, 5) is 29.9. The molecule has 0 spiro atoms. The Morgan fingerprint density at radius 2 is 1.43 bits per heavy atom. The fraction of sp³-hybridized carbons (Fsp3) is 0.278. The van der Waals surface area contributed by atoms with E-state index in [2.05, 4.69) is 21.2 Å². The summed E-state index contributed by atoms with van der Waals surface area (Å²) in [6.07, 6.45) is 0.967. The summed E-state index contributed by atoms with van der Waals surface area (Å²) >= 11 is 3.46. The number of anilines is 1. The maximum atomic E-state index is 14.5. The predicted molar refractivity (Wildman–Crippen MR) is 185 cm³/mol. The molecule has 8 nitrogen and oxygen atoms in total. The molecule has 1 N–H and O–H groups in total. The van der Waals surface area contributed by atoms with Crippen LogP contribution in [0.5, 0.6) is 5.75 Å². The molecule has 0 saturated carbocycles. The lowest BCUT2D eigenvalue weighted by atomic mass is 10.0. The van der Waals surface area contributed by atoms with Gasteiger partial charge in [-0.25, -0.2) is 8.42 Å². The summed E-state index contributed by atoms with van der Waals surface area (Å²) in [6.45, 7) is 5.77. The monoisotopic (exact) mass is 705 g/mol. The van der Waals surface area contributed by atoms with Crippen LogP contribution in [0.1, 0.15) is 38.3 Å². The molecule has 10 heteroatoms. The number of para-hydroxylation sites is 1. The molecular formula is C36H40BrN3O5S. The third-order valence-electron chi connectivity index (χ3n) is 7.58. The van der Waals surface area contributed by atoms with Crippen molar-refractivity contribution in [2.24, 2.45) is 0 Å². The van der Waals surface area contributed by atoms with Gasteiger partial charge in [-0.05, 0) is 79.9 Å². The average molecular weight is 707 g/mol. The molecule has 0 fully saturated rings. The van der Waals surface area contributed by atoms with E-state index in [0.29, 0.717) is 24.5 Å². The maximum Gasteiger partial charge on any atom is 0.264 e. The van der Waals surface area contributed by atoms with E-state index in [9.17, 15) is 18.0 Å². The van der Waals surface area contributed by atoms with Crippen molar-refractivity contribution in [2.45, 2.75) is 57.1 Å². The number of ether oxygens (including phenoxy) is 1. The Kier molecular flexibility index (Phi) is 12.4. The number of nitrogens with one attached hydrogen (secondary N) is 1. The van der Waals surface area contributed by atoms with Gasteiger partial charge in [0.1, 0.15) is 18.3 Å². The molecule has 0 aliphatic heterocycles. The predicted octanol–water partition coefficient (Wildman–Crippen LogP) is 6.60. The summed E-state index contributed by atoms with van der Waals surface area (Å²) in [5.74, 6) is -0.272. The second kappa shape index (κ2) is 16.4. The zero-order chi connectivity index (χ0) is 33.1. The number of amides is 2. The lowest BCUT2D eigenvalue weighted by Crippen LogP contribution is -2.54. The molecule has 4 aromatic carbocycles. The van der Waals surface area contributed by atoms with Crippen LogP contribution < -0.4 is 14.4 Å². The highest BCUT2D eigenvalue weighted by atomic mass is 79.9. The quantitative estimate of drug-likeness (QED) is 0.150. The Balaban J connectivity index is 1.77. The third-order valence-corrected chi connectivity index (χ3v) is 9.90. The number of hydrogen-bond acceptors (Lipinski definition) is 5. The van der Waals surface area contributed by atoms with Crippen molar-refractivity contribution in [3.8, 4) is 5.75 Å². The minimum Gasteiger partial charge on any atom is -0.494 e. The molecule has 0 bridgehead atoms. The van der Waals surface area contributed by atoms with Gasteiger partial charge < -0.3 is 15.0 Å². The Labute approximate surface area is 280 Å². The van der Waals surface area contributed by atoms with Crippen LogP contribution in [0.4, 0.5) is 5.69 Å². The first-order valence-electron chi connectivity index (χ1n) is 15.3. The smallest absolute Gasteiger partial charge is 0.264 e. The van der Waals surface area contributed by atoms with Crippen LogP contribution in [0.25, 0.3) is 0 Å². The van der Waals surface area contributed by atoms with Crippen LogP contribution in [0.3, 0.4) is 0 Å². The summed E-state index contributed by atoms with van der Waals surface area (Å²) in [5.41, 5.74) is 2.01.